The Morgan fingerprint density at radius 3 is 1.78 bits per heavy atom. The third-order valence-corrected chi connectivity index (χ3v) is 6.66. The van der Waals surface area contributed by atoms with Crippen LogP contribution in [0.25, 0.3) is 0 Å². The molecular weight excluding hydrogens is 631 g/mol. The van der Waals surface area contributed by atoms with E-state index in [1.165, 1.54) is 12.1 Å². The highest BCUT2D eigenvalue weighted by atomic mass is 19.1. The lowest BCUT2D eigenvalue weighted by Crippen LogP contribution is -2.24. The van der Waals surface area contributed by atoms with Crippen LogP contribution in [0.15, 0.2) is 120 Å². The van der Waals surface area contributed by atoms with Crippen molar-refractivity contribution in [2.24, 2.45) is 10.2 Å². The molecule has 0 heterocycles. The van der Waals surface area contributed by atoms with Crippen molar-refractivity contribution in [1.82, 2.24) is 0 Å². The number of hydrogen-bond acceptors (Lipinski definition) is 12. The molecule has 0 unspecified atom stereocenters. The molecule has 0 amide bonds. The van der Waals surface area contributed by atoms with E-state index in [-0.39, 0.29) is 32.1 Å². The predicted octanol–water partition coefficient (Wildman–Crippen LogP) is 7.67. The van der Waals surface area contributed by atoms with Gasteiger partial charge in [-0.1, -0.05) is 13.2 Å². The van der Waals surface area contributed by atoms with E-state index >= 15 is 0 Å². The lowest BCUT2D eigenvalue weighted by atomic mass is 10.2. The van der Waals surface area contributed by atoms with Gasteiger partial charge in [-0.05, 0) is 91.3 Å². The summed E-state index contributed by atoms with van der Waals surface area (Å²) in [7, 11) is 1.88. The molecule has 4 rings (SSSR count). The van der Waals surface area contributed by atoms with Crippen molar-refractivity contribution >= 4 is 46.1 Å². The quantitative estimate of drug-likeness (QED) is 0.0319. The van der Waals surface area contributed by atoms with Crippen molar-refractivity contribution in [2.45, 2.75) is 6.92 Å². The number of anilines is 4. The topological polar surface area (TPSA) is 135 Å². The maximum atomic E-state index is 14.9. The van der Waals surface area contributed by atoms with E-state index in [1.807, 2.05) is 61.4 Å². The van der Waals surface area contributed by atoms with Gasteiger partial charge in [-0.2, -0.15) is 5.11 Å². The van der Waals surface area contributed by atoms with Gasteiger partial charge in [0.2, 0.25) is 0 Å². The number of azo groups is 1. The SMILES string of the molecule is C=CC(=O)OCCOc1ccc(NNc2ccc(N=Nc3ccc(N(C)Nc4ccc(OCCOC(=O)C=C)cc4)cc3C)c(F)c2)cc1. The zero-order valence-corrected chi connectivity index (χ0v) is 27.1. The number of nitrogens with zero attached hydrogens (tertiary/aromatic N) is 3. The highest BCUT2D eigenvalue weighted by Crippen LogP contribution is 2.29. The van der Waals surface area contributed by atoms with Gasteiger partial charge in [0, 0.05) is 25.3 Å². The van der Waals surface area contributed by atoms with E-state index in [9.17, 15) is 14.0 Å². The van der Waals surface area contributed by atoms with Crippen LogP contribution >= 0.6 is 0 Å². The summed E-state index contributed by atoms with van der Waals surface area (Å²) in [5, 5.41) is 10.3. The van der Waals surface area contributed by atoms with Gasteiger partial charge in [-0.3, -0.25) is 10.4 Å². The molecule has 254 valence electrons. The molecule has 49 heavy (non-hydrogen) atoms. The summed E-state index contributed by atoms with van der Waals surface area (Å²) in [5.74, 6) is -0.284. The van der Waals surface area contributed by atoms with E-state index < -0.39 is 17.8 Å². The second kappa shape index (κ2) is 18.1. The van der Waals surface area contributed by atoms with Crippen molar-refractivity contribution in [1.29, 1.82) is 0 Å². The molecule has 0 spiro atoms. The number of carbonyl (C=O) groups is 2. The largest absolute Gasteiger partial charge is 0.490 e. The first-order valence-electron chi connectivity index (χ1n) is 15.1. The van der Waals surface area contributed by atoms with Crippen LogP contribution in [-0.4, -0.2) is 45.4 Å². The van der Waals surface area contributed by atoms with Crippen LogP contribution in [0.2, 0.25) is 0 Å². The van der Waals surface area contributed by atoms with Gasteiger partial charge >= 0.3 is 11.9 Å². The highest BCUT2D eigenvalue weighted by molar-refractivity contribution is 5.81. The van der Waals surface area contributed by atoms with Crippen LogP contribution in [0.3, 0.4) is 0 Å². The van der Waals surface area contributed by atoms with E-state index in [0.29, 0.717) is 22.9 Å². The molecule has 12 nitrogen and oxygen atoms in total. The fourth-order valence-electron chi connectivity index (χ4n) is 4.12. The van der Waals surface area contributed by atoms with Crippen LogP contribution in [0.1, 0.15) is 5.56 Å². The third kappa shape index (κ3) is 11.4. The van der Waals surface area contributed by atoms with Crippen molar-refractivity contribution in [3.63, 3.8) is 0 Å². The second-order valence-electron chi connectivity index (χ2n) is 10.2. The van der Waals surface area contributed by atoms with E-state index in [4.69, 9.17) is 18.9 Å². The Morgan fingerprint density at radius 1 is 0.714 bits per heavy atom. The minimum atomic E-state index is -0.540. The minimum absolute atomic E-state index is 0.0956. The summed E-state index contributed by atoms with van der Waals surface area (Å²) in [6, 6.07) is 24.6. The van der Waals surface area contributed by atoms with Gasteiger partial charge in [0.1, 0.15) is 43.6 Å². The number of carbonyl (C=O) groups excluding carboxylic acids is 2. The molecule has 0 aliphatic carbocycles. The molecule has 0 aliphatic rings. The number of hydrazine groups is 2. The lowest BCUT2D eigenvalue weighted by Gasteiger charge is -2.22. The number of nitrogens with one attached hydrogen (secondary N) is 3. The lowest BCUT2D eigenvalue weighted by molar-refractivity contribution is -0.139. The number of ether oxygens (including phenoxy) is 4. The molecule has 0 fully saturated rings. The first kappa shape index (κ1) is 35.5. The fourth-order valence-corrected chi connectivity index (χ4v) is 4.12. The minimum Gasteiger partial charge on any atom is -0.490 e. The molecule has 0 saturated carbocycles. The number of rotatable bonds is 18. The molecule has 0 radical (unpaired) electrons. The van der Waals surface area contributed by atoms with Crippen LogP contribution in [0.4, 0.5) is 38.5 Å². The normalized spacial score (nSPS) is 10.5. The Bertz CT molecular complexity index is 1770. The molecule has 0 bridgehead atoms. The first-order valence-corrected chi connectivity index (χ1v) is 15.1. The van der Waals surface area contributed by atoms with Crippen LogP contribution in [0.5, 0.6) is 11.5 Å². The summed E-state index contributed by atoms with van der Waals surface area (Å²) in [6.07, 6.45) is 2.20. The Morgan fingerprint density at radius 2 is 1.22 bits per heavy atom. The van der Waals surface area contributed by atoms with E-state index in [0.717, 1.165) is 34.8 Å². The molecule has 0 atom stereocenters. The Kier molecular flexibility index (Phi) is 13.1. The van der Waals surface area contributed by atoms with Crippen LogP contribution < -0.4 is 30.8 Å². The smallest absolute Gasteiger partial charge is 0.330 e. The first-order chi connectivity index (χ1) is 23.7. The second-order valence-corrected chi connectivity index (χ2v) is 10.2. The Hall–Kier alpha value is -6.37. The zero-order valence-electron chi connectivity index (χ0n) is 27.1. The number of benzene rings is 4. The maximum absolute atomic E-state index is 14.9. The van der Waals surface area contributed by atoms with Crippen molar-refractivity contribution in [2.75, 3.05) is 54.8 Å². The van der Waals surface area contributed by atoms with E-state index in [1.54, 1.807) is 30.3 Å². The molecule has 0 aromatic heterocycles. The number of esters is 2. The molecule has 0 saturated heterocycles. The Labute approximate surface area is 283 Å². The third-order valence-electron chi connectivity index (χ3n) is 6.66. The fraction of sp³-hybridized carbons (Fsp3) is 0.167. The summed E-state index contributed by atoms with van der Waals surface area (Å²) >= 11 is 0. The summed E-state index contributed by atoms with van der Waals surface area (Å²) in [5.41, 5.74) is 13.7. The number of halogens is 1. The van der Waals surface area contributed by atoms with Gasteiger partial charge < -0.3 is 29.8 Å². The Balaban J connectivity index is 1.24. The average Bonchev–Trinajstić information content (AvgIpc) is 3.11. The predicted molar refractivity (Wildman–Crippen MR) is 187 cm³/mol. The van der Waals surface area contributed by atoms with Crippen LogP contribution in [0, 0.1) is 12.7 Å². The van der Waals surface area contributed by atoms with Gasteiger partial charge in [-0.25, -0.2) is 14.0 Å². The summed E-state index contributed by atoms with van der Waals surface area (Å²) in [4.78, 5) is 22.1. The molecule has 4 aromatic rings. The van der Waals surface area contributed by atoms with Crippen molar-refractivity contribution in [3.8, 4) is 11.5 Å². The van der Waals surface area contributed by atoms with Gasteiger partial charge in [-0.15, -0.1) is 5.11 Å². The standard InChI is InChI=1S/C36H37FN6O6/c1-5-35(44)48-21-19-46-30-13-7-26(8-14-30)38-39-28-11-17-34(32(37)24-28)41-40-33-18-12-29(23-25(33)3)43(4)42-27-9-15-31(16-10-27)47-20-22-49-36(45)6-2/h5-18,23-24,38-39,42H,1-2,19-22H2,3-4H3. The molecule has 4 aromatic carbocycles. The summed E-state index contributed by atoms with van der Waals surface area (Å²) in [6.45, 7) is 9.28. The zero-order chi connectivity index (χ0) is 35.0. The molecule has 0 aliphatic heterocycles. The van der Waals surface area contributed by atoms with Crippen molar-refractivity contribution < 1.29 is 32.9 Å². The number of aryl methyl sites for hydroxylation is 1. The maximum Gasteiger partial charge on any atom is 0.330 e. The van der Waals surface area contributed by atoms with Gasteiger partial charge in [0.05, 0.1) is 28.4 Å². The average molecular weight is 669 g/mol. The molecule has 13 heteroatoms. The van der Waals surface area contributed by atoms with Gasteiger partial charge in [0.25, 0.3) is 0 Å². The van der Waals surface area contributed by atoms with Crippen molar-refractivity contribution in [3.05, 3.63) is 122 Å². The van der Waals surface area contributed by atoms with E-state index in [2.05, 4.69) is 39.7 Å². The molecular formula is C36H37FN6O6. The van der Waals surface area contributed by atoms with Gasteiger partial charge in [0.15, 0.2) is 5.82 Å². The highest BCUT2D eigenvalue weighted by Gasteiger charge is 2.08. The monoisotopic (exact) mass is 668 g/mol. The number of hydrogen-bond donors (Lipinski definition) is 3. The molecule has 3 N–H and O–H groups in total. The summed E-state index contributed by atoms with van der Waals surface area (Å²) < 4.78 is 35.7. The van der Waals surface area contributed by atoms with Crippen LogP contribution in [-0.2, 0) is 19.1 Å².